The number of aromatic nitrogens is 1. The number of nitrogens with zero attached hydrogens (tertiary/aromatic N) is 1. The van der Waals surface area contributed by atoms with Crippen molar-refractivity contribution in [3.63, 3.8) is 0 Å². The predicted molar refractivity (Wildman–Crippen MR) is 76.6 cm³/mol. The van der Waals surface area contributed by atoms with Crippen molar-refractivity contribution >= 4 is 33.4 Å². The fourth-order valence-corrected chi connectivity index (χ4v) is 2.72. The summed E-state index contributed by atoms with van der Waals surface area (Å²) in [4.78, 5) is 26.1. The molecule has 1 aromatic heterocycles. The van der Waals surface area contributed by atoms with Gasteiger partial charge in [-0.25, -0.2) is 28.1 Å². The van der Waals surface area contributed by atoms with E-state index in [4.69, 9.17) is 10.2 Å². The molecule has 1 heterocycles. The summed E-state index contributed by atoms with van der Waals surface area (Å²) < 4.78 is 21.4. The second-order valence-corrected chi connectivity index (χ2v) is 6.84. The molecule has 1 rings (SSSR count). The largest absolute Gasteiger partial charge is 0.476 e. The average molecular weight is 336 g/mol. The van der Waals surface area contributed by atoms with Crippen molar-refractivity contribution in [2.24, 2.45) is 5.14 Å². The van der Waals surface area contributed by atoms with Gasteiger partial charge in [0.15, 0.2) is 5.69 Å². The van der Waals surface area contributed by atoms with Gasteiger partial charge in [0.25, 0.3) is 0 Å². The topological polar surface area (TPSA) is 151 Å². The number of amides is 2. The van der Waals surface area contributed by atoms with E-state index in [1.54, 1.807) is 6.92 Å². The van der Waals surface area contributed by atoms with Crippen LogP contribution in [0.1, 0.15) is 34.9 Å². The lowest BCUT2D eigenvalue weighted by molar-refractivity contribution is 0.0691. The molecule has 118 valence electrons. The number of carbonyl (C=O) groups is 2. The van der Waals surface area contributed by atoms with Crippen molar-refractivity contribution in [2.45, 2.75) is 19.4 Å². The number of hydrogen-bond acceptors (Lipinski definition) is 6. The Morgan fingerprint density at radius 3 is 2.71 bits per heavy atom. The van der Waals surface area contributed by atoms with Crippen LogP contribution in [-0.2, 0) is 10.0 Å². The van der Waals surface area contributed by atoms with Crippen LogP contribution >= 0.6 is 11.3 Å². The minimum Gasteiger partial charge on any atom is -0.476 e. The van der Waals surface area contributed by atoms with Crippen LogP contribution < -0.4 is 15.8 Å². The number of urea groups is 1. The van der Waals surface area contributed by atoms with Crippen molar-refractivity contribution < 1.29 is 23.1 Å². The SMILES string of the molecule is CC(NC(=O)NCCCS(N)(=O)=O)c1nc(C(=O)O)cs1. The Kier molecular flexibility index (Phi) is 6.05. The zero-order valence-electron chi connectivity index (χ0n) is 11.2. The molecule has 11 heteroatoms. The van der Waals surface area contributed by atoms with Gasteiger partial charge in [0.2, 0.25) is 10.0 Å². The molecule has 0 bridgehead atoms. The normalized spacial score (nSPS) is 12.7. The van der Waals surface area contributed by atoms with Crippen LogP contribution in [0.5, 0.6) is 0 Å². The molecule has 21 heavy (non-hydrogen) atoms. The third kappa shape index (κ3) is 6.51. The predicted octanol–water partition coefficient (Wildman–Crippen LogP) is -0.120. The van der Waals surface area contributed by atoms with E-state index in [1.807, 2.05) is 0 Å². The summed E-state index contributed by atoms with van der Waals surface area (Å²) in [5, 5.41) is 20.5. The molecule has 1 atom stereocenters. The van der Waals surface area contributed by atoms with E-state index in [0.717, 1.165) is 11.3 Å². The van der Waals surface area contributed by atoms with E-state index in [1.165, 1.54) is 5.38 Å². The van der Waals surface area contributed by atoms with Crippen molar-refractivity contribution in [3.8, 4) is 0 Å². The fourth-order valence-electron chi connectivity index (χ4n) is 1.37. The molecule has 0 fully saturated rings. The highest BCUT2D eigenvalue weighted by molar-refractivity contribution is 7.89. The summed E-state index contributed by atoms with van der Waals surface area (Å²) in [6.07, 6.45) is 0.209. The Labute approximate surface area is 125 Å². The molecule has 0 radical (unpaired) electrons. The zero-order chi connectivity index (χ0) is 16.0. The second-order valence-electron chi connectivity index (χ2n) is 4.22. The van der Waals surface area contributed by atoms with Crippen molar-refractivity contribution in [2.75, 3.05) is 12.3 Å². The lowest BCUT2D eigenvalue weighted by Gasteiger charge is -2.12. The summed E-state index contributed by atoms with van der Waals surface area (Å²) in [6, 6.07) is -0.953. The third-order valence-corrected chi connectivity index (χ3v) is 4.24. The number of carboxylic acid groups (broad SMARTS) is 1. The Hall–Kier alpha value is -1.72. The molecule has 0 aromatic carbocycles. The number of carbonyl (C=O) groups excluding carboxylic acids is 1. The molecular formula is C10H16N4O5S2. The fraction of sp³-hybridized carbons (Fsp3) is 0.500. The maximum absolute atomic E-state index is 11.5. The van der Waals surface area contributed by atoms with Gasteiger partial charge in [-0.2, -0.15) is 0 Å². The Bertz CT molecular complexity index is 613. The van der Waals surface area contributed by atoms with Gasteiger partial charge in [0, 0.05) is 11.9 Å². The van der Waals surface area contributed by atoms with E-state index in [2.05, 4.69) is 15.6 Å². The maximum atomic E-state index is 11.5. The lowest BCUT2D eigenvalue weighted by atomic mass is 10.3. The number of nitrogens with one attached hydrogen (secondary N) is 2. The number of rotatable bonds is 7. The second kappa shape index (κ2) is 7.33. The summed E-state index contributed by atoms with van der Waals surface area (Å²) >= 11 is 1.13. The first-order valence-corrected chi connectivity index (χ1v) is 8.52. The molecule has 0 aliphatic heterocycles. The van der Waals surface area contributed by atoms with E-state index in [-0.39, 0.29) is 24.4 Å². The number of hydrogen-bond donors (Lipinski definition) is 4. The van der Waals surface area contributed by atoms with E-state index < -0.39 is 28.1 Å². The van der Waals surface area contributed by atoms with Crippen LogP contribution in [0, 0.1) is 0 Å². The van der Waals surface area contributed by atoms with E-state index >= 15 is 0 Å². The Balaban J connectivity index is 2.38. The zero-order valence-corrected chi connectivity index (χ0v) is 12.8. The van der Waals surface area contributed by atoms with Crippen LogP contribution in [0.4, 0.5) is 4.79 Å². The van der Waals surface area contributed by atoms with Gasteiger partial charge in [-0.3, -0.25) is 0 Å². The molecule has 0 spiro atoms. The minimum absolute atomic E-state index is 0.0720. The van der Waals surface area contributed by atoms with Crippen molar-refractivity contribution in [1.29, 1.82) is 0 Å². The van der Waals surface area contributed by atoms with Gasteiger partial charge < -0.3 is 15.7 Å². The van der Waals surface area contributed by atoms with Gasteiger partial charge in [-0.1, -0.05) is 0 Å². The van der Waals surface area contributed by atoms with E-state index in [9.17, 15) is 18.0 Å². The first-order valence-electron chi connectivity index (χ1n) is 5.92. The number of sulfonamides is 1. The Morgan fingerprint density at radius 2 is 2.19 bits per heavy atom. The van der Waals surface area contributed by atoms with Crippen LogP contribution in [0.15, 0.2) is 5.38 Å². The molecule has 1 aromatic rings. The highest BCUT2D eigenvalue weighted by Crippen LogP contribution is 2.17. The number of thiazole rings is 1. The van der Waals surface area contributed by atoms with E-state index in [0.29, 0.717) is 5.01 Å². The minimum atomic E-state index is -3.53. The van der Waals surface area contributed by atoms with Gasteiger partial charge in [-0.05, 0) is 13.3 Å². The average Bonchev–Trinajstić information content (AvgIpc) is 2.83. The molecule has 0 saturated carbocycles. The standard InChI is InChI=1S/C10H16N4O5S2/c1-6(8-14-7(5-20-8)9(15)16)13-10(17)12-3-2-4-21(11,18)19/h5-6H,2-4H2,1H3,(H,15,16)(H2,11,18,19)(H2,12,13,17). The smallest absolute Gasteiger partial charge is 0.355 e. The molecule has 0 aliphatic carbocycles. The number of aromatic carboxylic acids is 1. The van der Waals surface area contributed by atoms with Gasteiger partial charge >= 0.3 is 12.0 Å². The van der Waals surface area contributed by atoms with Crippen molar-refractivity contribution in [3.05, 3.63) is 16.1 Å². The lowest BCUT2D eigenvalue weighted by Crippen LogP contribution is -2.38. The summed E-state index contributed by atoms with van der Waals surface area (Å²) in [5.41, 5.74) is -0.0720. The summed E-state index contributed by atoms with van der Waals surface area (Å²) in [6.45, 7) is 1.82. The highest BCUT2D eigenvalue weighted by Gasteiger charge is 2.15. The number of nitrogens with two attached hydrogens (primary N) is 1. The number of primary sulfonamides is 1. The molecule has 0 aliphatic rings. The first kappa shape index (κ1) is 17.3. The maximum Gasteiger partial charge on any atom is 0.355 e. The first-order chi connectivity index (χ1) is 9.69. The van der Waals surface area contributed by atoms with Gasteiger partial charge in [0.05, 0.1) is 11.8 Å². The quantitative estimate of drug-likeness (QED) is 0.509. The third-order valence-electron chi connectivity index (χ3n) is 2.35. The molecular weight excluding hydrogens is 320 g/mol. The molecule has 1 unspecified atom stereocenters. The summed E-state index contributed by atoms with van der Waals surface area (Å²) in [7, 11) is -3.53. The molecule has 0 saturated heterocycles. The van der Waals surface area contributed by atoms with Crippen molar-refractivity contribution in [1.82, 2.24) is 15.6 Å². The summed E-state index contributed by atoms with van der Waals surface area (Å²) in [5.74, 6) is -1.34. The van der Waals surface area contributed by atoms with Crippen LogP contribution in [-0.4, -0.2) is 42.8 Å². The molecule has 9 nitrogen and oxygen atoms in total. The number of carboxylic acids is 1. The monoisotopic (exact) mass is 336 g/mol. The molecule has 5 N–H and O–H groups in total. The molecule has 2 amide bonds. The Morgan fingerprint density at radius 1 is 1.52 bits per heavy atom. The highest BCUT2D eigenvalue weighted by atomic mass is 32.2. The van der Waals surface area contributed by atoms with Crippen LogP contribution in [0.25, 0.3) is 0 Å². The van der Waals surface area contributed by atoms with Gasteiger partial charge in [-0.15, -0.1) is 11.3 Å². The van der Waals surface area contributed by atoms with Gasteiger partial charge in [0.1, 0.15) is 5.01 Å². The van der Waals surface area contributed by atoms with Crippen LogP contribution in [0.3, 0.4) is 0 Å². The van der Waals surface area contributed by atoms with Crippen LogP contribution in [0.2, 0.25) is 0 Å².